The molecule has 3 aliphatic heterocycles. The van der Waals surface area contributed by atoms with Gasteiger partial charge in [-0.05, 0) is 50.3 Å². The number of alkyl halides is 1. The molecule has 3 unspecified atom stereocenters. The van der Waals surface area contributed by atoms with Gasteiger partial charge in [0.25, 0.3) is 0 Å². The molecule has 4 rings (SSSR count). The molecule has 0 radical (unpaired) electrons. The maximum Gasteiger partial charge on any atom is 0.248 e. The lowest BCUT2D eigenvalue weighted by molar-refractivity contribution is -0.139. The number of rotatable bonds is 8. The highest BCUT2D eigenvalue weighted by atomic mass is 79.9. The topological polar surface area (TPSA) is 98.7 Å². The average Bonchev–Trinajstić information content (AvgIpc) is 3.36. The Bertz CT molecular complexity index is 960. The zero-order chi connectivity index (χ0) is 23.9. The van der Waals surface area contributed by atoms with Gasteiger partial charge in [-0.15, -0.1) is 11.8 Å². The third kappa shape index (κ3) is 4.10. The van der Waals surface area contributed by atoms with Crippen LogP contribution < -0.4 is 10.6 Å². The van der Waals surface area contributed by atoms with Crippen molar-refractivity contribution in [3.05, 3.63) is 29.3 Å². The summed E-state index contributed by atoms with van der Waals surface area (Å²) in [5.41, 5.74) is 2.73. The Hall–Kier alpha value is -1.58. The number of aliphatic hydroxyl groups is 1. The molecule has 3 N–H and O–H groups in total. The number of hydrogen-bond acceptors (Lipinski definition) is 5. The molecule has 1 aromatic carbocycles. The maximum absolute atomic E-state index is 13.8. The molecule has 3 amide bonds. The van der Waals surface area contributed by atoms with Gasteiger partial charge in [0, 0.05) is 35.5 Å². The zero-order valence-corrected chi connectivity index (χ0v) is 21.7. The molecule has 2 bridgehead atoms. The first-order chi connectivity index (χ1) is 15.7. The van der Waals surface area contributed by atoms with Crippen LogP contribution in [0.3, 0.4) is 0 Å². The summed E-state index contributed by atoms with van der Waals surface area (Å²) in [7, 11) is 0. The smallest absolute Gasteiger partial charge is 0.248 e. The third-order valence-corrected chi connectivity index (χ3v) is 10.3. The van der Waals surface area contributed by atoms with E-state index in [0.717, 1.165) is 23.2 Å². The van der Waals surface area contributed by atoms with Gasteiger partial charge in [-0.3, -0.25) is 14.4 Å². The van der Waals surface area contributed by atoms with Gasteiger partial charge in [0.05, 0.1) is 16.6 Å². The van der Waals surface area contributed by atoms with E-state index in [9.17, 15) is 19.5 Å². The standard InChI is InChI=1S/C24H32BrN3O4S/c1-4-8-26-21(30)17-18-23(32)28(9-5-10-29)20(24(18)12-15(25)19(17)33-24)22(31)27-16-11-13(2)6-7-14(16)3/h6-7,11,15,17-20,29H,4-5,8-10,12H2,1-3H3,(H,26,30)(H,27,31)/t15?,17-,18+,19-,20?,24?/m1/s1. The summed E-state index contributed by atoms with van der Waals surface area (Å²) in [5.74, 6) is -1.47. The van der Waals surface area contributed by atoms with Crippen LogP contribution in [0.25, 0.3) is 0 Å². The van der Waals surface area contributed by atoms with E-state index in [4.69, 9.17) is 0 Å². The number of carbonyl (C=O) groups excluding carboxylic acids is 3. The van der Waals surface area contributed by atoms with Crippen LogP contribution in [0.2, 0.25) is 0 Å². The number of fused-ring (bicyclic) bond motifs is 1. The summed E-state index contributed by atoms with van der Waals surface area (Å²) in [6.45, 7) is 6.70. The van der Waals surface area contributed by atoms with Gasteiger partial charge in [0.2, 0.25) is 17.7 Å². The summed E-state index contributed by atoms with van der Waals surface area (Å²) in [6, 6.07) is 5.20. The van der Waals surface area contributed by atoms with Gasteiger partial charge in [0.1, 0.15) is 6.04 Å². The first-order valence-electron chi connectivity index (χ1n) is 11.6. The quantitative estimate of drug-likeness (QED) is 0.442. The Balaban J connectivity index is 1.70. The van der Waals surface area contributed by atoms with Crippen LogP contribution in [0.15, 0.2) is 18.2 Å². The molecule has 0 aromatic heterocycles. The van der Waals surface area contributed by atoms with Crippen LogP contribution >= 0.6 is 27.7 Å². The Morgan fingerprint density at radius 1 is 1.30 bits per heavy atom. The molecule has 3 fully saturated rings. The second-order valence-electron chi connectivity index (χ2n) is 9.37. The van der Waals surface area contributed by atoms with Crippen molar-refractivity contribution in [2.45, 2.75) is 60.9 Å². The number of likely N-dealkylation sites (tertiary alicyclic amines) is 1. The lowest BCUT2D eigenvalue weighted by Crippen LogP contribution is -2.53. The van der Waals surface area contributed by atoms with Gasteiger partial charge in [-0.25, -0.2) is 0 Å². The molecular weight excluding hydrogens is 506 g/mol. The molecule has 3 heterocycles. The molecular formula is C24H32BrN3O4S. The first-order valence-corrected chi connectivity index (χ1v) is 13.4. The summed E-state index contributed by atoms with van der Waals surface area (Å²) in [4.78, 5) is 42.3. The molecule has 1 aromatic rings. The van der Waals surface area contributed by atoms with Gasteiger partial charge in [0.15, 0.2) is 0 Å². The Morgan fingerprint density at radius 2 is 2.06 bits per heavy atom. The van der Waals surface area contributed by atoms with Crippen molar-refractivity contribution in [3.8, 4) is 0 Å². The molecule has 3 saturated heterocycles. The molecule has 6 atom stereocenters. The number of benzene rings is 1. The predicted octanol–water partition coefficient (Wildman–Crippen LogP) is 2.62. The fraction of sp³-hybridized carbons (Fsp3) is 0.625. The Kier molecular flexibility index (Phi) is 7.13. The minimum atomic E-state index is -0.694. The van der Waals surface area contributed by atoms with Crippen LogP contribution in [0.4, 0.5) is 5.69 Å². The molecule has 0 aliphatic carbocycles. The van der Waals surface area contributed by atoms with E-state index in [1.54, 1.807) is 16.7 Å². The van der Waals surface area contributed by atoms with E-state index < -0.39 is 22.6 Å². The van der Waals surface area contributed by atoms with Crippen molar-refractivity contribution in [1.82, 2.24) is 10.2 Å². The number of amides is 3. The highest BCUT2D eigenvalue weighted by Gasteiger charge is 2.75. The molecule has 180 valence electrons. The highest BCUT2D eigenvalue weighted by molar-refractivity contribution is 9.09. The largest absolute Gasteiger partial charge is 0.396 e. The van der Waals surface area contributed by atoms with E-state index in [1.165, 1.54) is 0 Å². The predicted molar refractivity (Wildman–Crippen MR) is 133 cm³/mol. The van der Waals surface area contributed by atoms with Crippen molar-refractivity contribution in [1.29, 1.82) is 0 Å². The van der Waals surface area contributed by atoms with E-state index >= 15 is 0 Å². The van der Waals surface area contributed by atoms with E-state index in [0.29, 0.717) is 25.9 Å². The number of thioether (sulfide) groups is 1. The van der Waals surface area contributed by atoms with Crippen LogP contribution in [0.5, 0.6) is 0 Å². The van der Waals surface area contributed by atoms with E-state index in [1.807, 2.05) is 39.0 Å². The van der Waals surface area contributed by atoms with Gasteiger partial charge < -0.3 is 20.6 Å². The second-order valence-corrected chi connectivity index (χ2v) is 12.1. The summed E-state index contributed by atoms with van der Waals surface area (Å²) in [6.07, 6.45) is 1.86. The summed E-state index contributed by atoms with van der Waals surface area (Å²) >= 11 is 5.39. The van der Waals surface area contributed by atoms with Crippen LogP contribution in [0, 0.1) is 25.7 Å². The average molecular weight is 539 g/mol. The number of aliphatic hydroxyl groups excluding tert-OH is 1. The number of nitrogens with one attached hydrogen (secondary N) is 2. The van der Waals surface area contributed by atoms with Crippen molar-refractivity contribution in [2.75, 3.05) is 25.0 Å². The molecule has 7 nitrogen and oxygen atoms in total. The molecule has 1 spiro atoms. The number of aryl methyl sites for hydroxylation is 2. The lowest BCUT2D eigenvalue weighted by Gasteiger charge is -2.35. The minimum Gasteiger partial charge on any atom is -0.396 e. The van der Waals surface area contributed by atoms with E-state index in [-0.39, 0.29) is 34.4 Å². The van der Waals surface area contributed by atoms with Crippen LogP contribution in [0.1, 0.15) is 37.3 Å². The number of nitrogens with zero attached hydrogens (tertiary/aromatic N) is 1. The van der Waals surface area contributed by atoms with Gasteiger partial charge in [-0.2, -0.15) is 0 Å². The van der Waals surface area contributed by atoms with Crippen molar-refractivity contribution < 1.29 is 19.5 Å². The number of hydrogen-bond donors (Lipinski definition) is 3. The summed E-state index contributed by atoms with van der Waals surface area (Å²) in [5, 5.41) is 15.4. The number of halogens is 1. The fourth-order valence-electron chi connectivity index (χ4n) is 5.65. The lowest BCUT2D eigenvalue weighted by atomic mass is 9.70. The van der Waals surface area contributed by atoms with Crippen LogP contribution in [-0.4, -0.2) is 68.3 Å². The SMILES string of the molecule is CCCNC(=O)[C@H]1[C@@H]2SC3(CC2Br)C(C(=O)Nc2cc(C)ccc2C)N(CCCO)C(=O)[C@H]13. The fourth-order valence-corrected chi connectivity index (χ4v) is 9.26. The molecule has 0 saturated carbocycles. The molecule has 9 heteroatoms. The monoisotopic (exact) mass is 537 g/mol. The number of carbonyl (C=O) groups is 3. The third-order valence-electron chi connectivity index (χ3n) is 7.10. The number of anilines is 1. The summed E-state index contributed by atoms with van der Waals surface area (Å²) < 4.78 is -0.665. The van der Waals surface area contributed by atoms with Gasteiger partial charge >= 0.3 is 0 Å². The Morgan fingerprint density at radius 3 is 2.76 bits per heavy atom. The second kappa shape index (κ2) is 9.58. The van der Waals surface area contributed by atoms with Crippen molar-refractivity contribution in [2.24, 2.45) is 11.8 Å². The molecule has 33 heavy (non-hydrogen) atoms. The van der Waals surface area contributed by atoms with Crippen LogP contribution in [-0.2, 0) is 14.4 Å². The zero-order valence-electron chi connectivity index (χ0n) is 19.3. The first kappa shape index (κ1) is 24.5. The van der Waals surface area contributed by atoms with E-state index in [2.05, 4.69) is 26.6 Å². The Labute approximate surface area is 207 Å². The van der Waals surface area contributed by atoms with Crippen molar-refractivity contribution >= 4 is 51.1 Å². The maximum atomic E-state index is 13.8. The highest BCUT2D eigenvalue weighted by Crippen LogP contribution is 2.67. The minimum absolute atomic E-state index is 0.0493. The van der Waals surface area contributed by atoms with Gasteiger partial charge in [-0.1, -0.05) is 35.0 Å². The normalized spacial score (nSPS) is 32.2. The van der Waals surface area contributed by atoms with Crippen molar-refractivity contribution in [3.63, 3.8) is 0 Å². The molecule has 3 aliphatic rings.